The summed E-state index contributed by atoms with van der Waals surface area (Å²) in [4.78, 5) is 25.7. The van der Waals surface area contributed by atoms with Crippen LogP contribution in [0.25, 0.3) is 0 Å². The largest absolute Gasteiger partial charge is 0.464 e. The SMILES string of the molecule is C=C1CC[C@@]23OC(=O)C[C@@]12[C@@H](O[Si](C)(C)C(C)(C)C)[C@@]1(C)C(=O)OC[C@@]31C. The van der Waals surface area contributed by atoms with E-state index in [1.54, 1.807) is 0 Å². The molecule has 0 unspecified atom stereocenters. The first-order valence-corrected chi connectivity index (χ1v) is 12.9. The second-order valence-electron chi connectivity index (χ2n) is 10.9. The van der Waals surface area contributed by atoms with Gasteiger partial charge in [-0.25, -0.2) is 0 Å². The average Bonchev–Trinajstić information content (AvgIpc) is 3.11. The van der Waals surface area contributed by atoms with E-state index >= 15 is 0 Å². The third-order valence-corrected chi connectivity index (χ3v) is 13.4. The summed E-state index contributed by atoms with van der Waals surface area (Å²) in [5.41, 5.74) is -1.87. The van der Waals surface area contributed by atoms with E-state index in [4.69, 9.17) is 13.9 Å². The minimum atomic E-state index is -2.24. The van der Waals surface area contributed by atoms with Crippen LogP contribution in [0.15, 0.2) is 12.2 Å². The Morgan fingerprint density at radius 1 is 1.22 bits per heavy atom. The summed E-state index contributed by atoms with van der Waals surface area (Å²) < 4.78 is 18.7. The van der Waals surface area contributed by atoms with Crippen LogP contribution >= 0.6 is 0 Å². The molecule has 0 aromatic heterocycles. The highest BCUT2D eigenvalue weighted by atomic mass is 28.4. The fraction of sp³-hybridized carbons (Fsp3) is 0.810. The molecule has 0 spiro atoms. The van der Waals surface area contributed by atoms with Gasteiger partial charge in [-0.3, -0.25) is 9.59 Å². The second kappa shape index (κ2) is 4.88. The van der Waals surface area contributed by atoms with Crippen LogP contribution in [0.4, 0.5) is 0 Å². The van der Waals surface area contributed by atoms with Gasteiger partial charge in [0.15, 0.2) is 8.32 Å². The van der Waals surface area contributed by atoms with Crippen LogP contribution in [0, 0.1) is 16.2 Å². The van der Waals surface area contributed by atoms with Crippen molar-refractivity contribution in [3.63, 3.8) is 0 Å². The second-order valence-corrected chi connectivity index (χ2v) is 15.7. The van der Waals surface area contributed by atoms with E-state index in [2.05, 4.69) is 47.4 Å². The molecule has 27 heavy (non-hydrogen) atoms. The zero-order valence-electron chi connectivity index (χ0n) is 17.7. The van der Waals surface area contributed by atoms with Crippen LogP contribution < -0.4 is 0 Å². The maximum atomic E-state index is 13.1. The highest BCUT2D eigenvalue weighted by molar-refractivity contribution is 6.74. The molecule has 4 aliphatic rings. The van der Waals surface area contributed by atoms with E-state index in [0.717, 1.165) is 12.0 Å². The van der Waals surface area contributed by atoms with Crippen molar-refractivity contribution in [3.05, 3.63) is 12.2 Å². The average molecular weight is 393 g/mol. The number of cyclic esters (lactones) is 1. The lowest BCUT2D eigenvalue weighted by Crippen LogP contribution is -2.55. The molecule has 5 nitrogen and oxygen atoms in total. The number of fused-ring (bicyclic) bond motifs is 1. The molecule has 2 heterocycles. The third kappa shape index (κ3) is 1.76. The molecule has 2 aliphatic heterocycles. The molecular weight excluding hydrogens is 360 g/mol. The number of esters is 2. The first-order chi connectivity index (χ1) is 12.2. The molecule has 4 rings (SSSR count). The van der Waals surface area contributed by atoms with Gasteiger partial charge in [0.1, 0.15) is 17.6 Å². The number of rotatable bonds is 2. The number of ether oxygens (including phenoxy) is 2. The van der Waals surface area contributed by atoms with Crippen molar-refractivity contribution in [3.8, 4) is 0 Å². The van der Waals surface area contributed by atoms with Crippen molar-refractivity contribution in [1.29, 1.82) is 0 Å². The van der Waals surface area contributed by atoms with Crippen molar-refractivity contribution in [2.24, 2.45) is 16.2 Å². The standard InChI is InChI=1S/C21H32O5Si/c1-13-9-10-21-18(5)12-24-16(23)19(18,6)15(20(13,21)11-14(22)25-21)26-27(7,8)17(2,3)4/h15H,1,9-12H2,2-8H3/t15-,18+,19-,20-,21-/m0/s1. The Labute approximate surface area is 162 Å². The molecule has 0 aromatic rings. The predicted molar refractivity (Wildman–Crippen MR) is 103 cm³/mol. The molecule has 0 amide bonds. The van der Waals surface area contributed by atoms with Crippen molar-refractivity contribution < 1.29 is 23.5 Å². The first-order valence-electron chi connectivity index (χ1n) is 9.95. The number of hydrogen-bond donors (Lipinski definition) is 0. The van der Waals surface area contributed by atoms with Crippen molar-refractivity contribution in [2.45, 2.75) is 83.7 Å². The minimum absolute atomic E-state index is 0.0203. The fourth-order valence-corrected chi connectivity index (χ4v) is 7.53. The lowest BCUT2D eigenvalue weighted by molar-refractivity contribution is -0.166. The van der Waals surface area contributed by atoms with Gasteiger partial charge in [0.2, 0.25) is 0 Å². The predicted octanol–water partition coefficient (Wildman–Crippen LogP) is 3.98. The van der Waals surface area contributed by atoms with E-state index in [1.807, 2.05) is 6.92 Å². The molecule has 0 bridgehead atoms. The van der Waals surface area contributed by atoms with Gasteiger partial charge < -0.3 is 13.9 Å². The molecular formula is C21H32O5Si. The van der Waals surface area contributed by atoms with Crippen molar-refractivity contribution in [1.82, 2.24) is 0 Å². The minimum Gasteiger partial charge on any atom is -0.464 e. The summed E-state index contributed by atoms with van der Waals surface area (Å²) in [7, 11) is -2.24. The van der Waals surface area contributed by atoms with Gasteiger partial charge in [0.05, 0.1) is 23.4 Å². The third-order valence-electron chi connectivity index (χ3n) is 8.99. The van der Waals surface area contributed by atoms with Gasteiger partial charge >= 0.3 is 11.9 Å². The molecule has 2 saturated heterocycles. The van der Waals surface area contributed by atoms with Gasteiger partial charge in [-0.1, -0.05) is 39.8 Å². The van der Waals surface area contributed by atoms with Crippen molar-refractivity contribution >= 4 is 20.3 Å². The molecule has 2 aliphatic carbocycles. The maximum absolute atomic E-state index is 13.1. The van der Waals surface area contributed by atoms with Crippen molar-refractivity contribution in [2.75, 3.05) is 6.61 Å². The molecule has 150 valence electrons. The number of carbonyl (C=O) groups is 2. The summed E-state index contributed by atoms with van der Waals surface area (Å²) in [6.45, 7) is 19.6. The molecule has 6 heteroatoms. The molecule has 5 atom stereocenters. The zero-order chi connectivity index (χ0) is 20.3. The molecule has 4 fully saturated rings. The van der Waals surface area contributed by atoms with Gasteiger partial charge in [-0.15, -0.1) is 0 Å². The summed E-state index contributed by atoms with van der Waals surface area (Å²) in [6, 6.07) is 0. The zero-order valence-corrected chi connectivity index (χ0v) is 18.7. The lowest BCUT2D eigenvalue weighted by atomic mass is 9.63. The van der Waals surface area contributed by atoms with Crippen LogP contribution in [0.3, 0.4) is 0 Å². The monoisotopic (exact) mass is 392 g/mol. The van der Waals surface area contributed by atoms with E-state index in [-0.39, 0.29) is 30.0 Å². The lowest BCUT2D eigenvalue weighted by Gasteiger charge is -2.46. The Morgan fingerprint density at radius 3 is 2.44 bits per heavy atom. The molecule has 0 aromatic carbocycles. The highest BCUT2D eigenvalue weighted by Gasteiger charge is 2.90. The molecule has 2 saturated carbocycles. The quantitative estimate of drug-likeness (QED) is 0.404. The number of hydrogen-bond acceptors (Lipinski definition) is 5. The van der Waals surface area contributed by atoms with Gasteiger partial charge in [-0.05, 0) is 37.9 Å². The Kier molecular flexibility index (Phi) is 3.47. The fourth-order valence-electron chi connectivity index (χ4n) is 6.15. The normalized spacial score (nSPS) is 46.2. The van der Waals surface area contributed by atoms with Crippen LogP contribution in [-0.2, 0) is 23.5 Å². The Bertz CT molecular complexity index is 767. The summed E-state index contributed by atoms with van der Waals surface area (Å²) in [5, 5.41) is -0.0203. The van der Waals surface area contributed by atoms with Gasteiger partial charge in [-0.2, -0.15) is 0 Å². The Balaban J connectivity index is 1.97. The van der Waals surface area contributed by atoms with E-state index in [9.17, 15) is 9.59 Å². The summed E-state index contributed by atoms with van der Waals surface area (Å²) >= 11 is 0. The Morgan fingerprint density at radius 2 is 1.85 bits per heavy atom. The van der Waals surface area contributed by atoms with Gasteiger partial charge in [0, 0.05) is 0 Å². The Hall–Kier alpha value is -1.14. The van der Waals surface area contributed by atoms with Crippen LogP contribution in [-0.4, -0.2) is 38.6 Å². The van der Waals surface area contributed by atoms with Crippen LogP contribution in [0.2, 0.25) is 18.1 Å². The van der Waals surface area contributed by atoms with Crippen LogP contribution in [0.5, 0.6) is 0 Å². The molecule has 0 radical (unpaired) electrons. The highest BCUT2D eigenvalue weighted by Crippen LogP contribution is 2.80. The smallest absolute Gasteiger partial charge is 0.315 e. The molecule has 0 N–H and O–H groups in total. The van der Waals surface area contributed by atoms with Crippen LogP contribution in [0.1, 0.15) is 53.9 Å². The maximum Gasteiger partial charge on any atom is 0.315 e. The summed E-state index contributed by atoms with van der Waals surface area (Å²) in [6.07, 6.45) is 1.29. The number of carbonyl (C=O) groups excluding carboxylic acids is 2. The van der Waals surface area contributed by atoms with E-state index in [1.165, 1.54) is 0 Å². The topological polar surface area (TPSA) is 61.8 Å². The summed E-state index contributed by atoms with van der Waals surface area (Å²) in [5.74, 6) is -0.435. The van der Waals surface area contributed by atoms with Gasteiger partial charge in [0.25, 0.3) is 0 Å². The first kappa shape index (κ1) is 19.2. The van der Waals surface area contributed by atoms with E-state index < -0.39 is 36.3 Å². The van der Waals surface area contributed by atoms with E-state index in [0.29, 0.717) is 6.42 Å².